The van der Waals surface area contributed by atoms with Gasteiger partial charge in [-0.3, -0.25) is 9.59 Å². The van der Waals surface area contributed by atoms with E-state index in [9.17, 15) is 14.0 Å². The van der Waals surface area contributed by atoms with Gasteiger partial charge in [-0.15, -0.1) is 11.6 Å². The van der Waals surface area contributed by atoms with Crippen molar-refractivity contribution >= 4 is 29.1 Å². The van der Waals surface area contributed by atoms with E-state index >= 15 is 0 Å². The monoisotopic (exact) mass is 272 g/mol. The van der Waals surface area contributed by atoms with Crippen molar-refractivity contribution < 1.29 is 14.0 Å². The van der Waals surface area contributed by atoms with E-state index in [1.165, 1.54) is 25.1 Å². The van der Waals surface area contributed by atoms with E-state index in [0.29, 0.717) is 0 Å². The SMILES string of the molecule is C[C@@H](Cl)C(=O)NCCC(=O)Nc1ccccc1F. The summed E-state index contributed by atoms with van der Waals surface area (Å²) in [4.78, 5) is 22.6. The number of hydrogen-bond donors (Lipinski definition) is 2. The summed E-state index contributed by atoms with van der Waals surface area (Å²) in [6.07, 6.45) is 0.0592. The van der Waals surface area contributed by atoms with Gasteiger partial charge in [0.25, 0.3) is 0 Å². The molecule has 1 aromatic carbocycles. The smallest absolute Gasteiger partial charge is 0.237 e. The van der Waals surface area contributed by atoms with Crippen LogP contribution in [0.1, 0.15) is 13.3 Å². The summed E-state index contributed by atoms with van der Waals surface area (Å²) in [5, 5.41) is 4.26. The van der Waals surface area contributed by atoms with Crippen LogP contribution in [0.25, 0.3) is 0 Å². The van der Waals surface area contributed by atoms with E-state index < -0.39 is 11.2 Å². The van der Waals surface area contributed by atoms with Crippen LogP contribution in [-0.2, 0) is 9.59 Å². The number of amides is 2. The number of alkyl halides is 1. The number of carbonyl (C=O) groups is 2. The summed E-state index contributed by atoms with van der Waals surface area (Å²) < 4.78 is 13.2. The first-order chi connectivity index (χ1) is 8.50. The third-order valence-electron chi connectivity index (χ3n) is 2.16. The van der Waals surface area contributed by atoms with Crippen LogP contribution in [0, 0.1) is 5.82 Å². The molecule has 2 amide bonds. The third kappa shape index (κ3) is 4.71. The zero-order valence-corrected chi connectivity index (χ0v) is 10.6. The highest BCUT2D eigenvalue weighted by atomic mass is 35.5. The number of hydrogen-bond acceptors (Lipinski definition) is 2. The highest BCUT2D eigenvalue weighted by molar-refractivity contribution is 6.30. The number of rotatable bonds is 5. The molecule has 2 N–H and O–H groups in total. The molecule has 0 fully saturated rings. The molecule has 98 valence electrons. The van der Waals surface area contributed by atoms with E-state index in [1.807, 2.05) is 0 Å². The summed E-state index contributed by atoms with van der Waals surface area (Å²) in [6.45, 7) is 1.70. The van der Waals surface area contributed by atoms with Crippen LogP contribution in [0.4, 0.5) is 10.1 Å². The van der Waals surface area contributed by atoms with Crippen molar-refractivity contribution in [2.24, 2.45) is 0 Å². The lowest BCUT2D eigenvalue weighted by Crippen LogP contribution is -2.32. The molecule has 6 heteroatoms. The fourth-order valence-corrected chi connectivity index (χ4v) is 1.29. The Balaban J connectivity index is 2.35. The molecule has 4 nitrogen and oxygen atoms in total. The Bertz CT molecular complexity index is 438. The first kappa shape index (κ1) is 14.4. The molecule has 0 aliphatic rings. The lowest BCUT2D eigenvalue weighted by atomic mass is 10.3. The maximum Gasteiger partial charge on any atom is 0.237 e. The number of benzene rings is 1. The topological polar surface area (TPSA) is 58.2 Å². The zero-order valence-electron chi connectivity index (χ0n) is 9.87. The average Bonchev–Trinajstić information content (AvgIpc) is 2.32. The van der Waals surface area contributed by atoms with Crippen LogP contribution in [0.3, 0.4) is 0 Å². The first-order valence-electron chi connectivity index (χ1n) is 5.47. The van der Waals surface area contributed by atoms with E-state index in [-0.39, 0.29) is 30.5 Å². The van der Waals surface area contributed by atoms with Crippen molar-refractivity contribution in [2.45, 2.75) is 18.7 Å². The summed E-state index contributed by atoms with van der Waals surface area (Å²) in [5.41, 5.74) is 0.125. The van der Waals surface area contributed by atoms with Gasteiger partial charge in [0.2, 0.25) is 11.8 Å². The molecule has 0 aliphatic carbocycles. The van der Waals surface area contributed by atoms with Crippen LogP contribution >= 0.6 is 11.6 Å². The quantitative estimate of drug-likeness (QED) is 0.805. The lowest BCUT2D eigenvalue weighted by Gasteiger charge is -2.08. The van der Waals surface area contributed by atoms with Gasteiger partial charge in [-0.1, -0.05) is 12.1 Å². The summed E-state index contributed by atoms with van der Waals surface area (Å²) in [5.74, 6) is -1.21. The minimum absolute atomic E-state index is 0.0592. The maximum atomic E-state index is 13.2. The molecule has 0 aliphatic heterocycles. The van der Waals surface area contributed by atoms with Crippen molar-refractivity contribution in [3.8, 4) is 0 Å². The Morgan fingerprint density at radius 1 is 1.39 bits per heavy atom. The summed E-state index contributed by atoms with van der Waals surface area (Å²) >= 11 is 5.53. The van der Waals surface area contributed by atoms with E-state index in [0.717, 1.165) is 0 Å². The van der Waals surface area contributed by atoms with Crippen molar-refractivity contribution in [3.63, 3.8) is 0 Å². The van der Waals surface area contributed by atoms with Gasteiger partial charge in [0.15, 0.2) is 0 Å². The zero-order chi connectivity index (χ0) is 13.5. The number of carbonyl (C=O) groups excluding carboxylic acids is 2. The Morgan fingerprint density at radius 2 is 2.06 bits per heavy atom. The van der Waals surface area contributed by atoms with Crippen LogP contribution in [-0.4, -0.2) is 23.7 Å². The molecule has 1 rings (SSSR count). The second-order valence-electron chi connectivity index (χ2n) is 3.69. The lowest BCUT2D eigenvalue weighted by molar-refractivity contribution is -0.120. The van der Waals surface area contributed by atoms with E-state index in [1.54, 1.807) is 6.07 Å². The molecule has 0 saturated heterocycles. The Labute approximate surface area is 110 Å². The van der Waals surface area contributed by atoms with Crippen molar-refractivity contribution in [3.05, 3.63) is 30.1 Å². The molecule has 0 radical (unpaired) electrons. The number of halogens is 2. The molecule has 18 heavy (non-hydrogen) atoms. The number of para-hydroxylation sites is 1. The van der Waals surface area contributed by atoms with Crippen molar-refractivity contribution in [1.82, 2.24) is 5.32 Å². The highest BCUT2D eigenvalue weighted by Crippen LogP contribution is 2.12. The van der Waals surface area contributed by atoms with Gasteiger partial charge in [-0.25, -0.2) is 4.39 Å². The van der Waals surface area contributed by atoms with Gasteiger partial charge in [-0.2, -0.15) is 0 Å². The van der Waals surface area contributed by atoms with Crippen LogP contribution in [0.15, 0.2) is 24.3 Å². The van der Waals surface area contributed by atoms with Gasteiger partial charge < -0.3 is 10.6 Å². The second kappa shape index (κ2) is 6.96. The van der Waals surface area contributed by atoms with E-state index in [4.69, 9.17) is 11.6 Å². The molecule has 0 unspecified atom stereocenters. The molecule has 0 bridgehead atoms. The highest BCUT2D eigenvalue weighted by Gasteiger charge is 2.10. The average molecular weight is 273 g/mol. The van der Waals surface area contributed by atoms with Crippen LogP contribution in [0.5, 0.6) is 0 Å². The van der Waals surface area contributed by atoms with Crippen LogP contribution in [0.2, 0.25) is 0 Å². The van der Waals surface area contributed by atoms with Gasteiger partial charge in [0, 0.05) is 13.0 Å². The number of nitrogens with one attached hydrogen (secondary N) is 2. The molecule has 0 heterocycles. The van der Waals surface area contributed by atoms with Gasteiger partial charge in [0.1, 0.15) is 11.2 Å². The summed E-state index contributed by atoms with van der Waals surface area (Å²) in [6, 6.07) is 5.88. The molecule has 0 spiro atoms. The fraction of sp³-hybridized carbons (Fsp3) is 0.333. The molecule has 1 aromatic rings. The van der Waals surface area contributed by atoms with Gasteiger partial charge in [-0.05, 0) is 19.1 Å². The number of anilines is 1. The van der Waals surface area contributed by atoms with E-state index in [2.05, 4.69) is 10.6 Å². The normalized spacial score (nSPS) is 11.7. The molecular formula is C12H14ClFN2O2. The van der Waals surface area contributed by atoms with Crippen LogP contribution < -0.4 is 10.6 Å². The molecule has 1 atom stereocenters. The van der Waals surface area contributed by atoms with Gasteiger partial charge in [0.05, 0.1) is 5.69 Å². The minimum Gasteiger partial charge on any atom is -0.354 e. The molecule has 0 saturated carbocycles. The predicted molar refractivity (Wildman–Crippen MR) is 68.0 cm³/mol. The third-order valence-corrected chi connectivity index (χ3v) is 2.36. The standard InChI is InChI=1S/C12H14ClFN2O2/c1-8(13)12(18)15-7-6-11(17)16-10-5-3-2-4-9(10)14/h2-5,8H,6-7H2,1H3,(H,15,18)(H,16,17)/t8-/m1/s1. The Morgan fingerprint density at radius 3 is 2.67 bits per heavy atom. The predicted octanol–water partition coefficient (Wildman–Crippen LogP) is 1.90. The summed E-state index contributed by atoms with van der Waals surface area (Å²) in [7, 11) is 0. The molecular weight excluding hydrogens is 259 g/mol. The first-order valence-corrected chi connectivity index (χ1v) is 5.90. The fourth-order valence-electron chi connectivity index (χ4n) is 1.22. The van der Waals surface area contributed by atoms with Gasteiger partial charge >= 0.3 is 0 Å². The second-order valence-corrected chi connectivity index (χ2v) is 4.34. The van der Waals surface area contributed by atoms with Crippen molar-refractivity contribution in [2.75, 3.05) is 11.9 Å². The maximum absolute atomic E-state index is 13.2. The minimum atomic E-state index is -0.639. The largest absolute Gasteiger partial charge is 0.354 e. The Kier molecular flexibility index (Phi) is 5.58. The molecule has 0 aromatic heterocycles. The van der Waals surface area contributed by atoms with Crippen molar-refractivity contribution in [1.29, 1.82) is 0 Å². The Hall–Kier alpha value is -1.62.